The van der Waals surface area contributed by atoms with E-state index in [0.29, 0.717) is 12.0 Å². The van der Waals surface area contributed by atoms with Gasteiger partial charge in [-0.15, -0.1) is 11.6 Å². The Balaban J connectivity index is 2.86. The van der Waals surface area contributed by atoms with Crippen molar-refractivity contribution < 1.29 is 10.2 Å². The molecule has 1 heterocycles. The number of aromatic nitrogens is 1. The summed E-state index contributed by atoms with van der Waals surface area (Å²) >= 11 is 11.3. The minimum absolute atomic E-state index is 0.219. The van der Waals surface area contributed by atoms with Crippen molar-refractivity contribution >= 4 is 23.2 Å². The van der Waals surface area contributed by atoms with Crippen LogP contribution < -0.4 is 0 Å². The summed E-state index contributed by atoms with van der Waals surface area (Å²) in [6.07, 6.45) is -1.64. The van der Waals surface area contributed by atoms with Crippen LogP contribution in [0.25, 0.3) is 0 Å². The largest absolute Gasteiger partial charge is 0.390 e. The van der Waals surface area contributed by atoms with Gasteiger partial charge in [0.25, 0.3) is 0 Å². The number of pyridine rings is 1. The summed E-state index contributed by atoms with van der Waals surface area (Å²) in [4.78, 5) is 4.00. The van der Waals surface area contributed by atoms with E-state index >= 15 is 0 Å². The van der Waals surface area contributed by atoms with E-state index in [1.807, 2.05) is 0 Å². The molecule has 0 aliphatic rings. The van der Waals surface area contributed by atoms with Crippen LogP contribution >= 0.6 is 23.2 Å². The van der Waals surface area contributed by atoms with Gasteiger partial charge in [0.2, 0.25) is 0 Å². The second-order valence-electron chi connectivity index (χ2n) is 3.32. The summed E-state index contributed by atoms with van der Waals surface area (Å²) < 4.78 is 0. The minimum atomic E-state index is -1.04. The second-order valence-corrected chi connectivity index (χ2v) is 4.06. The summed E-state index contributed by atoms with van der Waals surface area (Å²) in [6.45, 7) is 1.80. The number of aliphatic hydroxyl groups excluding tert-OH is 2. The molecule has 0 saturated carbocycles. The molecule has 0 aromatic carbocycles. The molecule has 0 radical (unpaired) electrons. The molecule has 1 rings (SSSR count). The highest BCUT2D eigenvalue weighted by molar-refractivity contribution is 6.30. The number of aryl methyl sites for hydroxylation is 1. The van der Waals surface area contributed by atoms with E-state index < -0.39 is 12.2 Å². The molecule has 0 aliphatic heterocycles. The fourth-order valence-corrected chi connectivity index (χ4v) is 1.77. The highest BCUT2D eigenvalue weighted by Gasteiger charge is 2.20. The molecule has 0 bridgehead atoms. The Morgan fingerprint density at radius 3 is 2.60 bits per heavy atom. The van der Waals surface area contributed by atoms with Crippen molar-refractivity contribution in [2.75, 3.05) is 5.88 Å². The first kappa shape index (κ1) is 12.7. The van der Waals surface area contributed by atoms with Gasteiger partial charge in [0, 0.05) is 17.1 Å². The molecule has 84 valence electrons. The predicted octanol–water partition coefficient (Wildman–Crippen LogP) is 2.07. The minimum Gasteiger partial charge on any atom is -0.390 e. The first-order chi connectivity index (χ1) is 7.06. The average molecular weight is 250 g/mol. The lowest BCUT2D eigenvalue weighted by atomic mass is 10.0. The summed E-state index contributed by atoms with van der Waals surface area (Å²) in [7, 11) is 0. The molecule has 3 nitrogen and oxygen atoms in total. The summed E-state index contributed by atoms with van der Waals surface area (Å²) in [6, 6.07) is 3.39. The Morgan fingerprint density at radius 2 is 2.07 bits per heavy atom. The van der Waals surface area contributed by atoms with Gasteiger partial charge in [0.15, 0.2) is 0 Å². The van der Waals surface area contributed by atoms with Crippen molar-refractivity contribution in [1.29, 1.82) is 0 Å². The zero-order chi connectivity index (χ0) is 11.4. The quantitative estimate of drug-likeness (QED) is 0.635. The summed E-state index contributed by atoms with van der Waals surface area (Å²) in [5.74, 6) is 0.287. The van der Waals surface area contributed by atoms with Gasteiger partial charge < -0.3 is 10.2 Å². The van der Waals surface area contributed by atoms with Crippen LogP contribution in [0.2, 0.25) is 5.15 Å². The van der Waals surface area contributed by atoms with Crippen molar-refractivity contribution in [2.24, 2.45) is 0 Å². The van der Waals surface area contributed by atoms with Crippen molar-refractivity contribution in [2.45, 2.75) is 25.6 Å². The van der Waals surface area contributed by atoms with Gasteiger partial charge in [-0.3, -0.25) is 0 Å². The van der Waals surface area contributed by atoms with Crippen LogP contribution in [0.5, 0.6) is 0 Å². The van der Waals surface area contributed by atoms with Gasteiger partial charge in [-0.25, -0.2) is 4.98 Å². The Morgan fingerprint density at radius 1 is 1.40 bits per heavy atom. The highest BCUT2D eigenvalue weighted by Crippen LogP contribution is 2.25. The maximum atomic E-state index is 9.76. The number of rotatable bonds is 4. The van der Waals surface area contributed by atoms with Crippen LogP contribution in [0.4, 0.5) is 0 Å². The number of aliphatic hydroxyl groups is 2. The molecular formula is C10H13Cl2NO2. The maximum absolute atomic E-state index is 9.76. The number of hydrogen-bond donors (Lipinski definition) is 2. The standard InChI is InChI=1S/C10H13Cl2NO2/c1-6-2-3-7(10(12)13-6)9(15)8(14)4-5-11/h2-3,8-9,14-15H,4-5H2,1H3. The van der Waals surface area contributed by atoms with E-state index in [1.165, 1.54) is 0 Å². The average Bonchev–Trinajstić information content (AvgIpc) is 2.17. The van der Waals surface area contributed by atoms with Gasteiger partial charge in [0.1, 0.15) is 11.3 Å². The zero-order valence-corrected chi connectivity index (χ0v) is 9.83. The van der Waals surface area contributed by atoms with Gasteiger partial charge in [-0.1, -0.05) is 17.7 Å². The first-order valence-electron chi connectivity index (χ1n) is 4.61. The molecule has 0 saturated heterocycles. The van der Waals surface area contributed by atoms with Crippen molar-refractivity contribution in [3.63, 3.8) is 0 Å². The van der Waals surface area contributed by atoms with Gasteiger partial charge >= 0.3 is 0 Å². The fourth-order valence-electron chi connectivity index (χ4n) is 1.23. The fraction of sp³-hybridized carbons (Fsp3) is 0.500. The van der Waals surface area contributed by atoms with Crippen LogP contribution in [0.15, 0.2) is 12.1 Å². The Kier molecular flexibility index (Phi) is 4.80. The normalized spacial score (nSPS) is 15.0. The molecule has 2 unspecified atom stereocenters. The van der Waals surface area contributed by atoms with Crippen molar-refractivity contribution in [1.82, 2.24) is 4.98 Å². The van der Waals surface area contributed by atoms with Crippen LogP contribution in [0.1, 0.15) is 23.8 Å². The van der Waals surface area contributed by atoms with E-state index in [9.17, 15) is 10.2 Å². The Hall–Kier alpha value is -0.350. The van der Waals surface area contributed by atoms with Gasteiger partial charge in [0.05, 0.1) is 6.10 Å². The van der Waals surface area contributed by atoms with Crippen molar-refractivity contribution in [3.05, 3.63) is 28.5 Å². The van der Waals surface area contributed by atoms with E-state index in [4.69, 9.17) is 23.2 Å². The number of nitrogens with zero attached hydrogens (tertiary/aromatic N) is 1. The third-order valence-electron chi connectivity index (χ3n) is 2.10. The zero-order valence-electron chi connectivity index (χ0n) is 8.32. The molecule has 1 aromatic rings. The lowest BCUT2D eigenvalue weighted by molar-refractivity contribution is 0.0168. The molecule has 15 heavy (non-hydrogen) atoms. The third-order valence-corrected chi connectivity index (χ3v) is 2.63. The summed E-state index contributed by atoms with van der Waals surface area (Å²) in [5.41, 5.74) is 1.20. The smallest absolute Gasteiger partial charge is 0.135 e. The number of hydrogen-bond acceptors (Lipinski definition) is 3. The molecule has 2 N–H and O–H groups in total. The second kappa shape index (κ2) is 5.66. The molecule has 2 atom stereocenters. The predicted molar refractivity (Wildman–Crippen MR) is 60.3 cm³/mol. The van der Waals surface area contributed by atoms with E-state index in [-0.39, 0.29) is 11.0 Å². The molecule has 5 heteroatoms. The summed E-state index contributed by atoms with van der Waals surface area (Å²) in [5, 5.41) is 19.5. The van der Waals surface area contributed by atoms with Crippen LogP contribution in [-0.4, -0.2) is 27.2 Å². The Labute approximate surface area is 98.7 Å². The highest BCUT2D eigenvalue weighted by atomic mass is 35.5. The van der Waals surface area contributed by atoms with Gasteiger partial charge in [-0.2, -0.15) is 0 Å². The maximum Gasteiger partial charge on any atom is 0.135 e. The van der Waals surface area contributed by atoms with E-state index in [1.54, 1.807) is 19.1 Å². The van der Waals surface area contributed by atoms with Crippen LogP contribution in [0.3, 0.4) is 0 Å². The molecule has 0 spiro atoms. The lowest BCUT2D eigenvalue weighted by Crippen LogP contribution is -2.19. The van der Waals surface area contributed by atoms with Crippen molar-refractivity contribution in [3.8, 4) is 0 Å². The molecule has 0 aliphatic carbocycles. The monoisotopic (exact) mass is 249 g/mol. The number of alkyl halides is 1. The molecular weight excluding hydrogens is 237 g/mol. The molecule has 1 aromatic heterocycles. The first-order valence-corrected chi connectivity index (χ1v) is 5.52. The molecule has 0 amide bonds. The van der Waals surface area contributed by atoms with Gasteiger partial charge in [-0.05, 0) is 19.4 Å². The SMILES string of the molecule is Cc1ccc(C(O)C(O)CCCl)c(Cl)n1. The topological polar surface area (TPSA) is 53.4 Å². The van der Waals surface area contributed by atoms with E-state index in [0.717, 1.165) is 5.69 Å². The Bertz CT molecular complexity index is 333. The third kappa shape index (κ3) is 3.31. The lowest BCUT2D eigenvalue weighted by Gasteiger charge is -2.17. The van der Waals surface area contributed by atoms with Crippen LogP contribution in [-0.2, 0) is 0 Å². The van der Waals surface area contributed by atoms with Crippen LogP contribution in [0, 0.1) is 6.92 Å². The van der Waals surface area contributed by atoms with E-state index in [2.05, 4.69) is 4.98 Å². The number of halogens is 2. The molecule has 0 fully saturated rings.